The zero-order valence-electron chi connectivity index (χ0n) is 10.9. The number of nitrogens with zero attached hydrogens (tertiary/aromatic N) is 3. The molecule has 2 aromatic rings. The van der Waals surface area contributed by atoms with Gasteiger partial charge in [0, 0.05) is 23.6 Å². The Hall–Kier alpha value is -2.50. The van der Waals surface area contributed by atoms with Crippen LogP contribution < -0.4 is 5.73 Å². The fourth-order valence-electron chi connectivity index (χ4n) is 2.09. The van der Waals surface area contributed by atoms with E-state index in [2.05, 4.69) is 9.97 Å². The number of nitro groups is 1. The summed E-state index contributed by atoms with van der Waals surface area (Å²) in [5.74, 6) is 1.06. The molecule has 0 atom stereocenters. The van der Waals surface area contributed by atoms with Gasteiger partial charge in [-0.05, 0) is 31.7 Å². The van der Waals surface area contributed by atoms with Gasteiger partial charge in [-0.2, -0.15) is 0 Å². The number of anilines is 1. The third-order valence-electron chi connectivity index (χ3n) is 3.05. The largest absolute Gasteiger partial charge is 0.368 e. The first-order valence-electron chi connectivity index (χ1n) is 6.25. The SMILES string of the molecule is Nc1nc([C]2[CH][CH][CH][CH]2)cc(-c2cccc([N+](=O)[O-])c2)n1. The second kappa shape index (κ2) is 5.47. The van der Waals surface area contributed by atoms with E-state index < -0.39 is 4.92 Å². The molecule has 0 amide bonds. The van der Waals surface area contributed by atoms with Crippen molar-refractivity contribution in [2.24, 2.45) is 0 Å². The summed E-state index contributed by atoms with van der Waals surface area (Å²) in [5.41, 5.74) is 7.64. The van der Waals surface area contributed by atoms with Gasteiger partial charge in [0.05, 0.1) is 16.3 Å². The molecule has 1 aromatic heterocycles. The topological polar surface area (TPSA) is 94.9 Å². The number of nitro benzene ring substituents is 1. The van der Waals surface area contributed by atoms with E-state index >= 15 is 0 Å². The van der Waals surface area contributed by atoms with Crippen molar-refractivity contribution in [2.45, 2.75) is 0 Å². The third-order valence-corrected chi connectivity index (χ3v) is 3.05. The normalized spacial score (nSPS) is 15.2. The fourth-order valence-corrected chi connectivity index (χ4v) is 2.09. The van der Waals surface area contributed by atoms with Crippen LogP contribution in [0.4, 0.5) is 11.6 Å². The Balaban J connectivity index is 2.01. The van der Waals surface area contributed by atoms with Crippen molar-refractivity contribution in [3.63, 3.8) is 0 Å². The van der Waals surface area contributed by atoms with Gasteiger partial charge in [0.15, 0.2) is 0 Å². The zero-order chi connectivity index (χ0) is 14.8. The Bertz CT molecular complexity index is 681. The van der Waals surface area contributed by atoms with Crippen LogP contribution in [0, 0.1) is 41.7 Å². The summed E-state index contributed by atoms with van der Waals surface area (Å²) < 4.78 is 0. The minimum absolute atomic E-state index is 0.0135. The molecule has 21 heavy (non-hydrogen) atoms. The highest BCUT2D eigenvalue weighted by Crippen LogP contribution is 2.31. The van der Waals surface area contributed by atoms with Gasteiger partial charge in [-0.25, -0.2) is 9.97 Å². The summed E-state index contributed by atoms with van der Waals surface area (Å²) >= 11 is 0. The number of hydrogen-bond acceptors (Lipinski definition) is 5. The Labute approximate surface area is 122 Å². The average Bonchev–Trinajstić information content (AvgIpc) is 3.01. The fraction of sp³-hybridized carbons (Fsp3) is 0. The lowest BCUT2D eigenvalue weighted by atomic mass is 10.0. The van der Waals surface area contributed by atoms with Crippen LogP contribution in [-0.4, -0.2) is 14.9 Å². The van der Waals surface area contributed by atoms with Gasteiger partial charge < -0.3 is 5.73 Å². The summed E-state index contributed by atoms with van der Waals surface area (Å²) in [4.78, 5) is 18.8. The van der Waals surface area contributed by atoms with Crippen LogP contribution in [-0.2, 0) is 0 Å². The maximum atomic E-state index is 10.9. The molecule has 3 rings (SSSR count). The van der Waals surface area contributed by atoms with E-state index in [-0.39, 0.29) is 11.6 Å². The average molecular weight is 279 g/mol. The van der Waals surface area contributed by atoms with Crippen molar-refractivity contribution in [1.82, 2.24) is 9.97 Å². The number of nitrogens with two attached hydrogens (primary N) is 1. The van der Waals surface area contributed by atoms with Crippen LogP contribution >= 0.6 is 0 Å². The number of hydrogen-bond donors (Lipinski definition) is 1. The highest BCUT2D eigenvalue weighted by Gasteiger charge is 2.22. The Morgan fingerprint density at radius 1 is 1.05 bits per heavy atom. The zero-order valence-corrected chi connectivity index (χ0v) is 10.9. The van der Waals surface area contributed by atoms with Crippen molar-refractivity contribution in [1.29, 1.82) is 0 Å². The van der Waals surface area contributed by atoms with Crippen molar-refractivity contribution in [2.75, 3.05) is 5.73 Å². The Morgan fingerprint density at radius 2 is 1.76 bits per heavy atom. The summed E-state index contributed by atoms with van der Waals surface area (Å²) in [6, 6.07) is 8.05. The lowest BCUT2D eigenvalue weighted by Crippen LogP contribution is -2.05. The quantitative estimate of drug-likeness (QED) is 0.687. The van der Waals surface area contributed by atoms with E-state index in [9.17, 15) is 10.1 Å². The molecule has 6 heteroatoms. The van der Waals surface area contributed by atoms with E-state index in [1.54, 1.807) is 18.2 Å². The van der Waals surface area contributed by atoms with E-state index in [0.29, 0.717) is 17.0 Å². The third kappa shape index (κ3) is 2.84. The summed E-state index contributed by atoms with van der Waals surface area (Å²) in [5, 5.41) is 10.9. The molecule has 2 N–H and O–H groups in total. The highest BCUT2D eigenvalue weighted by molar-refractivity contribution is 5.65. The highest BCUT2D eigenvalue weighted by atomic mass is 16.6. The lowest BCUT2D eigenvalue weighted by Gasteiger charge is -2.10. The predicted molar refractivity (Wildman–Crippen MR) is 78.1 cm³/mol. The first-order valence-corrected chi connectivity index (χ1v) is 6.25. The lowest BCUT2D eigenvalue weighted by molar-refractivity contribution is -0.384. The summed E-state index contributed by atoms with van der Waals surface area (Å²) in [6.45, 7) is 0. The van der Waals surface area contributed by atoms with Gasteiger partial charge in [-0.1, -0.05) is 12.1 Å². The van der Waals surface area contributed by atoms with Crippen LogP contribution in [0.5, 0.6) is 0 Å². The monoisotopic (exact) mass is 279 g/mol. The molecule has 1 aliphatic rings. The first kappa shape index (κ1) is 13.5. The standard InChI is InChI=1S/C15H11N4O2/c16-15-17-13(10-4-1-2-5-10)9-14(18-15)11-6-3-7-12(8-11)19(20)21/h1-9H,(H2,16,17,18). The van der Waals surface area contributed by atoms with Crippen molar-refractivity contribution in [3.05, 3.63) is 77.7 Å². The molecule has 0 spiro atoms. The Kier molecular flexibility index (Phi) is 3.51. The molecule has 1 aliphatic carbocycles. The number of nitrogen functional groups attached to an aromatic ring is 1. The first-order chi connectivity index (χ1) is 10.1. The number of rotatable bonds is 3. The van der Waals surface area contributed by atoms with Gasteiger partial charge in [0.25, 0.3) is 5.69 Å². The smallest absolute Gasteiger partial charge is 0.270 e. The van der Waals surface area contributed by atoms with Crippen molar-refractivity contribution >= 4 is 11.6 Å². The van der Waals surface area contributed by atoms with E-state index in [1.807, 2.05) is 25.7 Å². The summed E-state index contributed by atoms with van der Waals surface area (Å²) in [7, 11) is 0. The Morgan fingerprint density at radius 3 is 2.48 bits per heavy atom. The minimum Gasteiger partial charge on any atom is -0.368 e. The second-order valence-corrected chi connectivity index (χ2v) is 4.48. The second-order valence-electron chi connectivity index (χ2n) is 4.48. The molecule has 1 heterocycles. The molecule has 0 saturated heterocycles. The molecule has 0 unspecified atom stereocenters. The van der Waals surface area contributed by atoms with Crippen molar-refractivity contribution < 1.29 is 4.92 Å². The molecular weight excluding hydrogens is 268 g/mol. The van der Waals surface area contributed by atoms with E-state index in [1.165, 1.54) is 12.1 Å². The number of benzene rings is 1. The minimum atomic E-state index is -0.438. The van der Waals surface area contributed by atoms with Gasteiger partial charge in [-0.15, -0.1) is 0 Å². The van der Waals surface area contributed by atoms with Gasteiger partial charge in [-0.3, -0.25) is 10.1 Å². The summed E-state index contributed by atoms with van der Waals surface area (Å²) in [6.07, 6.45) is 7.64. The van der Waals surface area contributed by atoms with E-state index in [0.717, 1.165) is 5.92 Å². The number of non-ortho nitro benzene ring substituents is 1. The maximum Gasteiger partial charge on any atom is 0.270 e. The van der Waals surface area contributed by atoms with Gasteiger partial charge >= 0.3 is 0 Å². The molecular formula is C15H11N4O2. The molecule has 6 nitrogen and oxygen atoms in total. The van der Waals surface area contributed by atoms with Gasteiger partial charge in [0.2, 0.25) is 5.95 Å². The van der Waals surface area contributed by atoms with Crippen LogP contribution in [0.1, 0.15) is 5.69 Å². The maximum absolute atomic E-state index is 10.9. The molecule has 5 radical (unpaired) electrons. The molecule has 0 aliphatic heterocycles. The molecule has 1 fully saturated rings. The number of aromatic nitrogens is 2. The van der Waals surface area contributed by atoms with Crippen LogP contribution in [0.25, 0.3) is 11.3 Å². The van der Waals surface area contributed by atoms with Crippen LogP contribution in [0.3, 0.4) is 0 Å². The van der Waals surface area contributed by atoms with Crippen LogP contribution in [0.15, 0.2) is 30.3 Å². The molecule has 0 bridgehead atoms. The molecule has 103 valence electrons. The molecule has 1 aromatic carbocycles. The molecule has 1 saturated carbocycles. The van der Waals surface area contributed by atoms with Gasteiger partial charge in [0.1, 0.15) is 0 Å². The predicted octanol–water partition coefficient (Wildman–Crippen LogP) is 2.39. The van der Waals surface area contributed by atoms with Crippen molar-refractivity contribution in [3.8, 4) is 11.3 Å². The van der Waals surface area contributed by atoms with E-state index in [4.69, 9.17) is 5.73 Å². The van der Waals surface area contributed by atoms with Crippen LogP contribution in [0.2, 0.25) is 0 Å².